The normalized spacial score (nSPS) is 11.7. The fourth-order valence-corrected chi connectivity index (χ4v) is 12.2. The van der Waals surface area contributed by atoms with E-state index in [2.05, 4.69) is 168 Å². The highest BCUT2D eigenvalue weighted by atomic mass is 31.2. The largest absolute Gasteiger partial charge is 0.319 e. The highest BCUT2D eigenvalue weighted by Gasteiger charge is 2.49. The van der Waals surface area contributed by atoms with Crippen molar-refractivity contribution in [1.82, 2.24) is 9.55 Å². The van der Waals surface area contributed by atoms with Gasteiger partial charge in [0.25, 0.3) is 5.69 Å². The molecule has 0 bridgehead atoms. The Kier molecular flexibility index (Phi) is 7.91. The number of hydrogen-bond donors (Lipinski definition) is 0. The number of imidazole rings is 1. The van der Waals surface area contributed by atoms with Crippen molar-refractivity contribution in [2.45, 2.75) is 6.54 Å². The van der Waals surface area contributed by atoms with Gasteiger partial charge in [0.05, 0.1) is 21.5 Å². The number of non-ortho nitro benzene ring substituents is 1. The molecule has 0 aliphatic carbocycles. The van der Waals surface area contributed by atoms with Crippen molar-refractivity contribution in [2.75, 3.05) is 0 Å². The molecule has 52 heavy (non-hydrogen) atoms. The van der Waals surface area contributed by atoms with E-state index in [1.807, 2.05) is 12.1 Å². The highest BCUT2D eigenvalue weighted by Crippen LogP contribution is 2.56. The number of nitro benzene ring substituents is 1. The lowest BCUT2D eigenvalue weighted by atomic mass is 10.00. The quantitative estimate of drug-likeness (QED) is 0.0691. The number of nitro groups is 1. The van der Waals surface area contributed by atoms with Crippen LogP contribution in [-0.2, 0) is 6.54 Å². The second kappa shape index (κ2) is 13.0. The molecule has 6 heteroatoms. The lowest BCUT2D eigenvalue weighted by molar-refractivity contribution is -0.384. The van der Waals surface area contributed by atoms with E-state index in [4.69, 9.17) is 4.98 Å². The van der Waals surface area contributed by atoms with E-state index in [0.717, 1.165) is 49.5 Å². The van der Waals surface area contributed by atoms with E-state index >= 15 is 0 Å². The topological polar surface area (TPSA) is 61.0 Å². The van der Waals surface area contributed by atoms with Crippen LogP contribution in [0.4, 0.5) is 5.69 Å². The number of benzene rings is 8. The molecule has 0 aliphatic heterocycles. The van der Waals surface area contributed by atoms with Crippen molar-refractivity contribution >= 4 is 66.7 Å². The third-order valence-corrected chi connectivity index (χ3v) is 14.4. The van der Waals surface area contributed by atoms with Gasteiger partial charge in [-0.3, -0.25) is 10.1 Å². The Bertz CT molecular complexity index is 2630. The minimum absolute atomic E-state index is 0.0735. The maximum absolute atomic E-state index is 11.6. The first-order valence-corrected chi connectivity index (χ1v) is 19.1. The molecule has 0 saturated carbocycles. The summed E-state index contributed by atoms with van der Waals surface area (Å²) in [5.41, 5.74) is 4.06. The Morgan fingerprint density at radius 2 is 0.981 bits per heavy atom. The maximum atomic E-state index is 11.6. The molecule has 0 unspecified atom stereocenters. The summed E-state index contributed by atoms with van der Waals surface area (Å²) in [5, 5.41) is 21.1. The number of nitrogens with zero attached hydrogens (tertiary/aromatic N) is 3. The van der Waals surface area contributed by atoms with Crippen LogP contribution in [0.15, 0.2) is 188 Å². The molecule has 9 aromatic rings. The Morgan fingerprint density at radius 1 is 0.519 bits per heavy atom. The predicted octanol–water partition coefficient (Wildman–Crippen LogP) is 9.59. The minimum atomic E-state index is -2.50. The molecule has 0 amide bonds. The summed E-state index contributed by atoms with van der Waals surface area (Å²) in [6.07, 6.45) is 0. The zero-order chi connectivity index (χ0) is 35.1. The zero-order valence-corrected chi connectivity index (χ0v) is 29.1. The van der Waals surface area contributed by atoms with E-state index in [1.54, 1.807) is 12.1 Å². The van der Waals surface area contributed by atoms with Crippen LogP contribution >= 0.6 is 7.26 Å². The summed E-state index contributed by atoms with van der Waals surface area (Å²) in [7, 11) is -2.50. The van der Waals surface area contributed by atoms with Crippen LogP contribution in [-0.4, -0.2) is 14.5 Å². The second-order valence-corrected chi connectivity index (χ2v) is 16.3. The molecule has 5 nitrogen and oxygen atoms in total. The molecule has 0 aliphatic rings. The van der Waals surface area contributed by atoms with Crippen LogP contribution in [0.3, 0.4) is 0 Å². The van der Waals surface area contributed by atoms with Crippen molar-refractivity contribution in [2.24, 2.45) is 0 Å². The fraction of sp³-hybridized carbons (Fsp3) is 0.0217. The molecule has 0 atom stereocenters. The predicted molar refractivity (Wildman–Crippen MR) is 217 cm³/mol. The monoisotopic (exact) mass is 690 g/mol. The molecule has 0 N–H and O–H groups in total. The van der Waals surface area contributed by atoms with Crippen molar-refractivity contribution in [3.05, 3.63) is 204 Å². The van der Waals surface area contributed by atoms with Gasteiger partial charge in [-0.2, -0.15) is 0 Å². The van der Waals surface area contributed by atoms with E-state index < -0.39 is 7.26 Å². The van der Waals surface area contributed by atoms with Crippen LogP contribution in [0.1, 0.15) is 5.56 Å². The van der Waals surface area contributed by atoms with Gasteiger partial charge in [0.15, 0.2) is 0 Å². The van der Waals surface area contributed by atoms with E-state index in [-0.39, 0.29) is 10.6 Å². The summed E-state index contributed by atoms with van der Waals surface area (Å²) in [5.74, 6) is 0.859. The van der Waals surface area contributed by atoms with Crippen LogP contribution < -0.4 is 21.2 Å². The first kappa shape index (κ1) is 31.6. The molecule has 1 aromatic heterocycles. The lowest BCUT2D eigenvalue weighted by Gasteiger charge is -2.29. The Hall–Kier alpha value is -6.42. The highest BCUT2D eigenvalue weighted by molar-refractivity contribution is 8.01. The maximum Gasteiger partial charge on any atom is 0.269 e. The van der Waals surface area contributed by atoms with Crippen LogP contribution in [0, 0.1) is 10.1 Å². The molecule has 0 spiro atoms. The fourth-order valence-electron chi connectivity index (χ4n) is 7.80. The third kappa shape index (κ3) is 5.09. The Labute approximate surface area is 302 Å². The van der Waals surface area contributed by atoms with Gasteiger partial charge < -0.3 is 4.57 Å². The van der Waals surface area contributed by atoms with Gasteiger partial charge in [-0.15, -0.1) is 0 Å². The van der Waals surface area contributed by atoms with E-state index in [1.165, 1.54) is 21.2 Å². The van der Waals surface area contributed by atoms with Gasteiger partial charge in [-0.05, 0) is 64.9 Å². The van der Waals surface area contributed by atoms with E-state index in [9.17, 15) is 10.1 Å². The second-order valence-electron chi connectivity index (χ2n) is 12.9. The van der Waals surface area contributed by atoms with Crippen LogP contribution in [0.25, 0.3) is 44.0 Å². The summed E-state index contributed by atoms with van der Waals surface area (Å²) in [4.78, 5) is 16.9. The lowest BCUT2D eigenvalue weighted by Crippen LogP contribution is -2.39. The molecule has 0 radical (unpaired) electrons. The molecule has 0 saturated heterocycles. The number of rotatable bonds is 8. The zero-order valence-electron chi connectivity index (χ0n) is 28.2. The minimum Gasteiger partial charge on any atom is -0.319 e. The van der Waals surface area contributed by atoms with Crippen molar-refractivity contribution in [1.29, 1.82) is 0 Å². The molecular weight excluding hydrogens is 657 g/mol. The van der Waals surface area contributed by atoms with Gasteiger partial charge in [0.1, 0.15) is 34.3 Å². The number of aromatic nitrogens is 2. The summed E-state index contributed by atoms with van der Waals surface area (Å²) >= 11 is 0. The molecule has 0 fully saturated rings. The molecule has 8 aromatic carbocycles. The van der Waals surface area contributed by atoms with Gasteiger partial charge >= 0.3 is 0 Å². The first-order chi connectivity index (χ1) is 25.6. The molecule has 9 rings (SSSR count). The average Bonchev–Trinajstić information content (AvgIpc) is 3.59. The van der Waals surface area contributed by atoms with Crippen molar-refractivity contribution in [3.8, 4) is 11.4 Å². The SMILES string of the molecule is O=[N+]([O-])c1ccc(Cn2c(-c3ccccc3[P+](c3ccccc3)(c3ccccc3)c3ccccc3)nc3c4ccccc4c4ccccc4c32)cc1. The van der Waals surface area contributed by atoms with Crippen molar-refractivity contribution in [3.63, 3.8) is 0 Å². The van der Waals surface area contributed by atoms with Gasteiger partial charge in [-0.25, -0.2) is 4.98 Å². The summed E-state index contributed by atoms with van der Waals surface area (Å²) in [6, 6.07) is 65.4. The summed E-state index contributed by atoms with van der Waals surface area (Å²) < 4.78 is 2.33. The van der Waals surface area contributed by atoms with Crippen LogP contribution in [0.5, 0.6) is 0 Å². The van der Waals surface area contributed by atoms with Gasteiger partial charge in [-0.1, -0.05) is 127 Å². The smallest absolute Gasteiger partial charge is 0.269 e. The molecule has 248 valence electrons. The standard InChI is InChI=1S/C46H33N3O2P/c50-49(51)34-30-28-33(29-31-34)32-48-45-41-25-13-11-23-39(41)38-22-10-12-24-40(38)44(45)47-46(48)42-26-14-15-27-43(42)52(35-16-4-1-5-17-35,36-18-6-2-7-19-36)37-20-8-3-9-21-37/h1-31H,32H2/q+1. The van der Waals surface area contributed by atoms with Crippen molar-refractivity contribution < 1.29 is 4.92 Å². The van der Waals surface area contributed by atoms with E-state index in [0.29, 0.717) is 6.54 Å². The summed E-state index contributed by atoms with van der Waals surface area (Å²) in [6.45, 7) is 0.480. The molecular formula is C46H33N3O2P+. The Balaban J connectivity index is 1.42. The van der Waals surface area contributed by atoms with Gasteiger partial charge in [0, 0.05) is 29.4 Å². The first-order valence-electron chi connectivity index (χ1n) is 17.3. The van der Waals surface area contributed by atoms with Gasteiger partial charge in [0.2, 0.25) is 0 Å². The van der Waals surface area contributed by atoms with Crippen LogP contribution in [0.2, 0.25) is 0 Å². The number of fused-ring (bicyclic) bond motifs is 6. The Morgan fingerprint density at radius 3 is 1.54 bits per heavy atom. The third-order valence-electron chi connectivity index (χ3n) is 10.0. The number of hydrogen-bond acceptors (Lipinski definition) is 3. The molecule has 1 heterocycles. The average molecular weight is 691 g/mol.